The Kier molecular flexibility index (Phi) is 8.67. The van der Waals surface area contributed by atoms with Crippen molar-refractivity contribution in [3.63, 3.8) is 0 Å². The van der Waals surface area contributed by atoms with Crippen molar-refractivity contribution >= 4 is 20.0 Å². The Bertz CT molecular complexity index is 731. The third-order valence-electron chi connectivity index (χ3n) is 3.91. The third-order valence-corrected chi connectivity index (χ3v) is 7.24. The SMILES string of the molecule is CCC[N+]1(C)CCCC1.O=S(=O)([N-]S(=O)(=O)C(F)(F)C(F)(F)F)C(F)(F)C(F)(F)F. The zero-order chi connectivity index (χ0) is 24.4. The molecule has 18 heteroatoms. The van der Waals surface area contributed by atoms with Crippen LogP contribution in [0.4, 0.5) is 43.9 Å². The Morgan fingerprint density at radius 2 is 1.03 bits per heavy atom. The zero-order valence-electron chi connectivity index (χ0n) is 15.4. The lowest BCUT2D eigenvalue weighted by atomic mass is 10.4. The summed E-state index contributed by atoms with van der Waals surface area (Å²) in [6.07, 6.45) is -9.75. The lowest BCUT2D eigenvalue weighted by molar-refractivity contribution is -0.897. The van der Waals surface area contributed by atoms with Crippen molar-refractivity contribution in [1.29, 1.82) is 0 Å². The number of hydrogen-bond acceptors (Lipinski definition) is 4. The highest BCUT2D eigenvalue weighted by molar-refractivity contribution is 8.13. The Hall–Kier alpha value is -0.880. The molecule has 1 aliphatic rings. The van der Waals surface area contributed by atoms with E-state index in [9.17, 15) is 60.7 Å². The van der Waals surface area contributed by atoms with E-state index in [1.165, 1.54) is 43.4 Å². The van der Waals surface area contributed by atoms with Gasteiger partial charge >= 0.3 is 22.9 Å². The first kappa shape index (κ1) is 29.1. The van der Waals surface area contributed by atoms with Gasteiger partial charge in [0.15, 0.2) is 20.0 Å². The minimum Gasteiger partial charge on any atom is -0.425 e. The van der Waals surface area contributed by atoms with Crippen molar-refractivity contribution in [3.8, 4) is 0 Å². The fourth-order valence-corrected chi connectivity index (χ4v) is 4.74. The number of rotatable bonds is 6. The van der Waals surface area contributed by atoms with Gasteiger partial charge in [-0.3, -0.25) is 0 Å². The van der Waals surface area contributed by atoms with Crippen molar-refractivity contribution in [2.75, 3.05) is 26.7 Å². The number of quaternary nitrogens is 1. The molecule has 1 heterocycles. The summed E-state index contributed by atoms with van der Waals surface area (Å²) in [5.41, 5.74) is 0. The first-order valence-corrected chi connectivity index (χ1v) is 10.8. The Balaban J connectivity index is 0.000000769. The minimum atomic E-state index is -7.62. The summed E-state index contributed by atoms with van der Waals surface area (Å²) >= 11 is 0. The second-order valence-corrected chi connectivity index (χ2v) is 10.1. The summed E-state index contributed by atoms with van der Waals surface area (Å²) in [7, 11) is -12.9. The Morgan fingerprint density at radius 1 is 0.733 bits per heavy atom. The highest BCUT2D eigenvalue weighted by atomic mass is 32.3. The van der Waals surface area contributed by atoms with Crippen molar-refractivity contribution in [2.24, 2.45) is 0 Å². The summed E-state index contributed by atoms with van der Waals surface area (Å²) in [6.45, 7) is 6.52. The first-order chi connectivity index (χ1) is 13.0. The third kappa shape index (κ3) is 6.32. The molecule has 30 heavy (non-hydrogen) atoms. The fraction of sp³-hybridized carbons (Fsp3) is 1.00. The van der Waals surface area contributed by atoms with Crippen LogP contribution in [0.15, 0.2) is 0 Å². The summed E-state index contributed by atoms with van der Waals surface area (Å²) in [6, 6.07) is 0. The molecule has 182 valence electrons. The number of alkyl halides is 10. The zero-order valence-corrected chi connectivity index (χ0v) is 17.0. The maximum absolute atomic E-state index is 12.3. The normalized spacial score (nSPS) is 18.7. The molecule has 0 unspecified atom stereocenters. The van der Waals surface area contributed by atoms with E-state index < -0.39 is 42.9 Å². The van der Waals surface area contributed by atoms with Crippen LogP contribution in [0.1, 0.15) is 26.2 Å². The average molecular weight is 508 g/mol. The molecule has 0 atom stereocenters. The largest absolute Gasteiger partial charge is 0.467 e. The summed E-state index contributed by atoms with van der Waals surface area (Å²) in [5, 5.41) is -14.0. The van der Waals surface area contributed by atoms with Crippen LogP contribution < -0.4 is 0 Å². The van der Waals surface area contributed by atoms with Crippen molar-refractivity contribution < 1.29 is 65.2 Å². The molecule has 0 aromatic heterocycles. The van der Waals surface area contributed by atoms with Crippen LogP contribution in [0.5, 0.6) is 0 Å². The molecule has 1 fully saturated rings. The van der Waals surface area contributed by atoms with Gasteiger partial charge in [-0.05, 0) is 6.42 Å². The van der Waals surface area contributed by atoms with E-state index >= 15 is 0 Å². The number of halogens is 10. The molecule has 0 radical (unpaired) electrons. The number of sulfonamides is 2. The monoisotopic (exact) mass is 508 g/mol. The Labute approximate surface area is 165 Å². The predicted octanol–water partition coefficient (Wildman–Crippen LogP) is 3.97. The van der Waals surface area contributed by atoms with Crippen molar-refractivity contribution in [2.45, 2.75) is 49.0 Å². The van der Waals surface area contributed by atoms with E-state index in [1.807, 2.05) is 0 Å². The lowest BCUT2D eigenvalue weighted by Crippen LogP contribution is -2.48. The van der Waals surface area contributed by atoms with E-state index in [-0.39, 0.29) is 0 Å². The first-order valence-electron chi connectivity index (χ1n) is 7.93. The average Bonchev–Trinajstić information content (AvgIpc) is 2.91. The molecule has 1 rings (SSSR count). The van der Waals surface area contributed by atoms with Gasteiger partial charge in [-0.15, -0.1) is 0 Å². The lowest BCUT2D eigenvalue weighted by Gasteiger charge is -2.31. The fourth-order valence-electron chi connectivity index (χ4n) is 2.38. The summed E-state index contributed by atoms with van der Waals surface area (Å²) < 4.78 is 162. The number of nitrogens with zero attached hydrogens (tertiary/aromatic N) is 2. The van der Waals surface area contributed by atoms with E-state index in [1.54, 1.807) is 0 Å². The van der Waals surface area contributed by atoms with Gasteiger partial charge in [0.2, 0.25) is 0 Å². The topological polar surface area (TPSA) is 82.4 Å². The van der Waals surface area contributed by atoms with Crippen LogP contribution in [-0.4, -0.2) is 70.9 Å². The second kappa shape index (κ2) is 8.93. The Morgan fingerprint density at radius 3 is 1.27 bits per heavy atom. The quantitative estimate of drug-likeness (QED) is 0.402. The highest BCUT2D eigenvalue weighted by Crippen LogP contribution is 2.47. The highest BCUT2D eigenvalue weighted by Gasteiger charge is 2.68. The van der Waals surface area contributed by atoms with Gasteiger partial charge in [-0.1, -0.05) is 6.92 Å². The van der Waals surface area contributed by atoms with Crippen molar-refractivity contribution in [1.82, 2.24) is 0 Å². The molecule has 0 spiro atoms. The van der Waals surface area contributed by atoms with E-state index in [4.69, 9.17) is 0 Å². The van der Waals surface area contributed by atoms with Crippen LogP contribution >= 0.6 is 0 Å². The molecule has 0 bridgehead atoms. The maximum Gasteiger partial charge on any atom is 0.467 e. The molecule has 1 saturated heterocycles. The minimum absolute atomic E-state index is 0.422. The van der Waals surface area contributed by atoms with Crippen LogP contribution in [0.2, 0.25) is 0 Å². The van der Waals surface area contributed by atoms with Crippen LogP contribution in [0.3, 0.4) is 0 Å². The van der Waals surface area contributed by atoms with Gasteiger partial charge in [0, 0.05) is 12.8 Å². The van der Waals surface area contributed by atoms with Gasteiger partial charge < -0.3 is 8.61 Å². The molecular weight excluding hydrogens is 490 g/mol. The molecule has 0 N–H and O–H groups in total. The van der Waals surface area contributed by atoms with Gasteiger partial charge in [-0.25, -0.2) is 16.8 Å². The molecule has 0 amide bonds. The van der Waals surface area contributed by atoms with E-state index in [0.29, 0.717) is 4.13 Å². The van der Waals surface area contributed by atoms with Gasteiger partial charge in [-0.2, -0.15) is 43.9 Å². The van der Waals surface area contributed by atoms with Crippen LogP contribution in [-0.2, 0) is 20.0 Å². The molecular formula is C12H18F10N2O4S2. The second-order valence-electron chi connectivity index (χ2n) is 6.55. The molecule has 0 saturated carbocycles. The molecule has 0 aromatic rings. The molecule has 0 aliphatic carbocycles. The number of likely N-dealkylation sites (tertiary alicyclic amines) is 1. The molecule has 0 aromatic carbocycles. The maximum atomic E-state index is 12.3. The van der Waals surface area contributed by atoms with Crippen LogP contribution in [0, 0.1) is 0 Å². The van der Waals surface area contributed by atoms with Gasteiger partial charge in [0.1, 0.15) is 0 Å². The summed E-state index contributed by atoms with van der Waals surface area (Å²) in [4.78, 5) is 0. The van der Waals surface area contributed by atoms with E-state index in [2.05, 4.69) is 14.0 Å². The standard InChI is InChI=1S/C8H18N.C4F10NO4S2/c1-3-6-9(2)7-4-5-8-9;5-1(6,7)3(11,12)20(16,17)15-21(18,19)4(13,14)2(8,9)10/h3-8H2,1-2H3;/q+1;-1. The van der Waals surface area contributed by atoms with E-state index in [0.717, 1.165) is 0 Å². The van der Waals surface area contributed by atoms with Crippen molar-refractivity contribution in [3.05, 3.63) is 4.13 Å². The smallest absolute Gasteiger partial charge is 0.425 e. The molecule has 1 aliphatic heterocycles. The predicted molar refractivity (Wildman–Crippen MR) is 83.5 cm³/mol. The van der Waals surface area contributed by atoms with Gasteiger partial charge in [0.25, 0.3) is 0 Å². The molecule has 6 nitrogen and oxygen atoms in total. The number of hydrogen-bond donors (Lipinski definition) is 0. The van der Waals surface area contributed by atoms with Crippen LogP contribution in [0.25, 0.3) is 4.13 Å². The summed E-state index contributed by atoms with van der Waals surface area (Å²) in [5.74, 6) is 0. The van der Waals surface area contributed by atoms with Gasteiger partial charge in [0.05, 0.1) is 26.7 Å².